The second-order valence-corrected chi connectivity index (χ2v) is 3.42. The molecule has 0 saturated heterocycles. The molecular weight excluding hydrogens is 256 g/mol. The molecule has 1 aromatic carbocycles. The highest BCUT2D eigenvalue weighted by Gasteiger charge is 2.14. The van der Waals surface area contributed by atoms with E-state index in [1.165, 1.54) is 0 Å². The quantitative estimate of drug-likeness (QED) is 0.683. The van der Waals surface area contributed by atoms with Crippen LogP contribution in [0, 0.1) is 0 Å². The molecule has 0 amide bonds. The Morgan fingerprint density at radius 2 is 2.06 bits per heavy atom. The van der Waals surface area contributed by atoms with Crippen molar-refractivity contribution < 1.29 is 14.1 Å². The molecule has 0 aliphatic rings. The molecule has 0 radical (unpaired) electrons. The summed E-state index contributed by atoms with van der Waals surface area (Å²) in [6.07, 6.45) is 0. The third kappa shape index (κ3) is 3.01. The van der Waals surface area contributed by atoms with E-state index in [1.807, 2.05) is 0 Å². The molecule has 96 valence electrons. The van der Waals surface area contributed by atoms with Gasteiger partial charge in [-0.05, 0) is 31.2 Å². The number of aromatic nitrogens is 1. The number of rotatable bonds is 3. The second-order valence-electron chi connectivity index (χ2n) is 3.42. The van der Waals surface area contributed by atoms with Crippen LogP contribution >= 0.6 is 12.4 Å². The predicted octanol–water partition coefficient (Wildman–Crippen LogP) is 2.52. The smallest absolute Gasteiger partial charge is 0.360 e. The Balaban J connectivity index is 0.00000162. The molecule has 2 rings (SSSR count). The van der Waals surface area contributed by atoms with Crippen molar-refractivity contribution in [3.8, 4) is 11.3 Å². The van der Waals surface area contributed by atoms with Crippen molar-refractivity contribution in [1.29, 1.82) is 0 Å². The van der Waals surface area contributed by atoms with E-state index in [0.29, 0.717) is 18.1 Å². The fourth-order valence-electron chi connectivity index (χ4n) is 1.36. The zero-order valence-electron chi connectivity index (χ0n) is 9.75. The maximum absolute atomic E-state index is 11.4. The first kappa shape index (κ1) is 14.1. The first-order valence-electron chi connectivity index (χ1n) is 5.20. The van der Waals surface area contributed by atoms with Crippen molar-refractivity contribution in [2.24, 2.45) is 0 Å². The molecule has 18 heavy (non-hydrogen) atoms. The third-order valence-corrected chi connectivity index (χ3v) is 2.19. The summed E-state index contributed by atoms with van der Waals surface area (Å²) >= 11 is 0. The molecule has 0 atom stereocenters. The van der Waals surface area contributed by atoms with Crippen LogP contribution < -0.4 is 5.73 Å². The molecular formula is C12H13ClN2O3. The SMILES string of the molecule is CCOC(=O)c1cc(-c2ccc(N)cc2)on1.Cl. The van der Waals surface area contributed by atoms with Gasteiger partial charge in [-0.3, -0.25) is 0 Å². The van der Waals surface area contributed by atoms with Gasteiger partial charge in [-0.2, -0.15) is 0 Å². The number of benzene rings is 1. The van der Waals surface area contributed by atoms with Crippen molar-refractivity contribution in [3.63, 3.8) is 0 Å². The Kier molecular flexibility index (Phi) is 4.74. The number of ether oxygens (including phenoxy) is 1. The topological polar surface area (TPSA) is 78.4 Å². The van der Waals surface area contributed by atoms with Gasteiger partial charge in [-0.1, -0.05) is 5.16 Å². The van der Waals surface area contributed by atoms with Crippen LogP contribution in [0.15, 0.2) is 34.9 Å². The largest absolute Gasteiger partial charge is 0.461 e. The van der Waals surface area contributed by atoms with E-state index in [9.17, 15) is 4.79 Å². The minimum Gasteiger partial charge on any atom is -0.461 e. The molecule has 0 aliphatic carbocycles. The van der Waals surface area contributed by atoms with Gasteiger partial charge in [-0.25, -0.2) is 4.79 Å². The Morgan fingerprint density at radius 1 is 1.39 bits per heavy atom. The number of nitrogens with two attached hydrogens (primary N) is 1. The maximum atomic E-state index is 11.4. The van der Waals surface area contributed by atoms with Crippen LogP contribution in [0.25, 0.3) is 11.3 Å². The van der Waals surface area contributed by atoms with Gasteiger partial charge in [-0.15, -0.1) is 12.4 Å². The van der Waals surface area contributed by atoms with E-state index in [1.54, 1.807) is 37.3 Å². The van der Waals surface area contributed by atoms with Crippen LogP contribution in [0.5, 0.6) is 0 Å². The molecule has 1 heterocycles. The molecule has 0 spiro atoms. The Morgan fingerprint density at radius 3 is 2.67 bits per heavy atom. The minimum atomic E-state index is -0.488. The lowest BCUT2D eigenvalue weighted by Gasteiger charge is -1.95. The lowest BCUT2D eigenvalue weighted by Crippen LogP contribution is -2.04. The summed E-state index contributed by atoms with van der Waals surface area (Å²) in [4.78, 5) is 11.4. The first-order valence-corrected chi connectivity index (χ1v) is 5.20. The lowest BCUT2D eigenvalue weighted by atomic mass is 10.1. The van der Waals surface area contributed by atoms with Crippen molar-refractivity contribution in [2.75, 3.05) is 12.3 Å². The van der Waals surface area contributed by atoms with Crippen LogP contribution in [-0.4, -0.2) is 17.7 Å². The molecule has 2 aromatic rings. The Hall–Kier alpha value is -2.01. The van der Waals surface area contributed by atoms with Gasteiger partial charge in [0.15, 0.2) is 11.5 Å². The van der Waals surface area contributed by atoms with E-state index in [-0.39, 0.29) is 18.1 Å². The molecule has 1 aromatic heterocycles. The van der Waals surface area contributed by atoms with Gasteiger partial charge in [0.05, 0.1) is 6.61 Å². The Bertz CT molecular complexity index is 522. The molecule has 5 nitrogen and oxygen atoms in total. The summed E-state index contributed by atoms with van der Waals surface area (Å²) < 4.78 is 9.88. The predicted molar refractivity (Wildman–Crippen MR) is 69.6 cm³/mol. The summed E-state index contributed by atoms with van der Waals surface area (Å²) in [5.41, 5.74) is 7.22. The number of anilines is 1. The number of hydrogen-bond acceptors (Lipinski definition) is 5. The van der Waals surface area contributed by atoms with Crippen molar-refractivity contribution in [3.05, 3.63) is 36.0 Å². The van der Waals surface area contributed by atoms with Crippen LogP contribution in [0.3, 0.4) is 0 Å². The lowest BCUT2D eigenvalue weighted by molar-refractivity contribution is 0.0514. The van der Waals surface area contributed by atoms with Crippen LogP contribution in [0.2, 0.25) is 0 Å². The molecule has 0 bridgehead atoms. The molecule has 0 unspecified atom stereocenters. The summed E-state index contributed by atoms with van der Waals surface area (Å²) in [5, 5.41) is 3.65. The van der Waals surface area contributed by atoms with Crippen molar-refractivity contribution in [1.82, 2.24) is 5.16 Å². The van der Waals surface area contributed by atoms with E-state index in [0.717, 1.165) is 5.56 Å². The first-order chi connectivity index (χ1) is 8.20. The van der Waals surface area contributed by atoms with Crippen LogP contribution in [0.1, 0.15) is 17.4 Å². The average molecular weight is 269 g/mol. The fourth-order valence-corrected chi connectivity index (χ4v) is 1.36. The Labute approximate surface area is 110 Å². The van der Waals surface area contributed by atoms with Crippen LogP contribution in [-0.2, 0) is 4.74 Å². The number of halogens is 1. The molecule has 0 saturated carbocycles. The summed E-state index contributed by atoms with van der Waals surface area (Å²) in [6.45, 7) is 2.04. The maximum Gasteiger partial charge on any atom is 0.360 e. The van der Waals surface area contributed by atoms with E-state index >= 15 is 0 Å². The monoisotopic (exact) mass is 268 g/mol. The fraction of sp³-hybridized carbons (Fsp3) is 0.167. The average Bonchev–Trinajstić information content (AvgIpc) is 2.80. The molecule has 0 aliphatic heterocycles. The number of esters is 1. The third-order valence-electron chi connectivity index (χ3n) is 2.19. The van der Waals surface area contributed by atoms with Gasteiger partial charge in [0, 0.05) is 17.3 Å². The van der Waals surface area contributed by atoms with Crippen molar-refractivity contribution >= 4 is 24.1 Å². The van der Waals surface area contributed by atoms with Crippen LogP contribution in [0.4, 0.5) is 5.69 Å². The zero-order valence-corrected chi connectivity index (χ0v) is 10.6. The van der Waals surface area contributed by atoms with E-state index in [4.69, 9.17) is 15.0 Å². The molecule has 6 heteroatoms. The standard InChI is InChI=1S/C12H12N2O3.ClH/c1-2-16-12(15)10-7-11(17-14-10)8-3-5-9(13)6-4-8;/h3-7H,2,13H2,1H3;1H. The number of carbonyl (C=O) groups is 1. The number of nitrogen functional groups attached to an aromatic ring is 1. The van der Waals surface area contributed by atoms with Gasteiger partial charge < -0.3 is 15.0 Å². The summed E-state index contributed by atoms with van der Waals surface area (Å²) in [5.74, 6) is 0.0194. The normalized spacial score (nSPS) is 9.61. The molecule has 0 fully saturated rings. The van der Waals surface area contributed by atoms with Gasteiger partial charge >= 0.3 is 5.97 Å². The number of hydrogen-bond donors (Lipinski definition) is 1. The zero-order chi connectivity index (χ0) is 12.3. The van der Waals surface area contributed by atoms with Crippen molar-refractivity contribution in [2.45, 2.75) is 6.92 Å². The highest BCUT2D eigenvalue weighted by molar-refractivity contribution is 5.88. The van der Waals surface area contributed by atoms with E-state index in [2.05, 4.69) is 5.16 Å². The van der Waals surface area contributed by atoms with Gasteiger partial charge in [0.2, 0.25) is 0 Å². The summed E-state index contributed by atoms with van der Waals surface area (Å²) in [6, 6.07) is 8.64. The number of nitrogens with zero attached hydrogens (tertiary/aromatic N) is 1. The summed E-state index contributed by atoms with van der Waals surface area (Å²) in [7, 11) is 0. The van der Waals surface area contributed by atoms with E-state index < -0.39 is 5.97 Å². The highest BCUT2D eigenvalue weighted by Crippen LogP contribution is 2.21. The van der Waals surface area contributed by atoms with Gasteiger partial charge in [0.1, 0.15) is 0 Å². The number of carbonyl (C=O) groups excluding carboxylic acids is 1. The van der Waals surface area contributed by atoms with Gasteiger partial charge in [0.25, 0.3) is 0 Å². The second kappa shape index (κ2) is 6.07. The minimum absolute atomic E-state index is 0. The molecule has 2 N–H and O–H groups in total. The highest BCUT2D eigenvalue weighted by atomic mass is 35.5.